The minimum Gasteiger partial charge on any atom is -0.493 e. The van der Waals surface area contributed by atoms with Gasteiger partial charge in [-0.3, -0.25) is 0 Å². The number of aliphatic hydroxyl groups is 1. The summed E-state index contributed by atoms with van der Waals surface area (Å²) in [4.78, 5) is -0.722. The van der Waals surface area contributed by atoms with E-state index in [-0.39, 0.29) is 5.92 Å². The van der Waals surface area contributed by atoms with E-state index in [0.717, 1.165) is 44.7 Å². The Hall–Kier alpha value is -1.29. The summed E-state index contributed by atoms with van der Waals surface area (Å²) in [6, 6.07) is 6.46. The summed E-state index contributed by atoms with van der Waals surface area (Å²) in [5, 5.41) is 14.0. The number of rotatable bonds is 1. The second-order valence-electron chi connectivity index (χ2n) is 7.18. The number of fused-ring (bicyclic) bond motifs is 2. The van der Waals surface area contributed by atoms with Crippen molar-refractivity contribution < 1.29 is 9.84 Å². The van der Waals surface area contributed by atoms with Crippen LogP contribution < -0.4 is 10.1 Å². The van der Waals surface area contributed by atoms with Gasteiger partial charge in [0.15, 0.2) is 0 Å². The Balaban J connectivity index is 1.79. The van der Waals surface area contributed by atoms with Crippen LogP contribution in [-0.4, -0.2) is 35.8 Å². The molecule has 2 aliphatic heterocycles. The number of halogens is 1. The van der Waals surface area contributed by atoms with Crippen molar-refractivity contribution in [2.24, 2.45) is 0 Å². The van der Waals surface area contributed by atoms with E-state index in [0.29, 0.717) is 0 Å². The van der Waals surface area contributed by atoms with Gasteiger partial charge in [0.2, 0.25) is 0 Å². The maximum atomic E-state index is 10.5. The minimum absolute atomic E-state index is 0.189. The van der Waals surface area contributed by atoms with Gasteiger partial charge >= 0.3 is 0 Å². The van der Waals surface area contributed by atoms with Crippen molar-refractivity contribution in [2.45, 2.75) is 43.1 Å². The molecule has 24 heavy (non-hydrogen) atoms. The highest BCUT2D eigenvalue weighted by atomic mass is 35.5. The number of aryl methyl sites for hydroxylation is 1. The Morgan fingerprint density at radius 3 is 3.08 bits per heavy atom. The molecule has 1 aromatic carbocycles. The van der Waals surface area contributed by atoms with E-state index in [1.807, 2.05) is 19.1 Å². The molecule has 0 aromatic heterocycles. The molecule has 1 aromatic rings. The smallest absolute Gasteiger partial charge is 0.126 e. The van der Waals surface area contributed by atoms with Crippen LogP contribution in [0.5, 0.6) is 5.75 Å². The van der Waals surface area contributed by atoms with Crippen LogP contribution in [0.15, 0.2) is 41.5 Å². The Kier molecular flexibility index (Phi) is 4.19. The van der Waals surface area contributed by atoms with Crippen LogP contribution in [0.2, 0.25) is 0 Å². The van der Waals surface area contributed by atoms with Gasteiger partial charge in [0.1, 0.15) is 5.75 Å². The molecule has 3 nitrogen and oxygen atoms in total. The quantitative estimate of drug-likeness (QED) is 0.767. The molecule has 3 atom stereocenters. The number of hydrogen-bond donors (Lipinski definition) is 2. The highest BCUT2D eigenvalue weighted by Crippen LogP contribution is 2.44. The first-order valence-electron chi connectivity index (χ1n) is 8.82. The van der Waals surface area contributed by atoms with Crippen molar-refractivity contribution in [2.75, 3.05) is 19.7 Å². The van der Waals surface area contributed by atoms with Crippen LogP contribution in [0, 0.1) is 0 Å². The summed E-state index contributed by atoms with van der Waals surface area (Å²) in [5.41, 5.74) is 4.98. The number of hydrogen-bond acceptors (Lipinski definition) is 3. The Bertz CT molecular complexity index is 708. The third kappa shape index (κ3) is 2.79. The van der Waals surface area contributed by atoms with Crippen molar-refractivity contribution in [1.82, 2.24) is 5.32 Å². The zero-order valence-electron chi connectivity index (χ0n) is 14.0. The van der Waals surface area contributed by atoms with E-state index in [1.165, 1.54) is 22.3 Å². The molecule has 2 heterocycles. The highest BCUT2D eigenvalue weighted by Gasteiger charge is 2.36. The van der Waals surface area contributed by atoms with Gasteiger partial charge in [0, 0.05) is 18.0 Å². The summed E-state index contributed by atoms with van der Waals surface area (Å²) >= 11 is 6.49. The van der Waals surface area contributed by atoms with Gasteiger partial charge in [0.05, 0.1) is 17.6 Å². The summed E-state index contributed by atoms with van der Waals surface area (Å²) < 4.78 is 6.03. The topological polar surface area (TPSA) is 41.5 Å². The molecule has 4 rings (SSSR count). The summed E-state index contributed by atoms with van der Waals surface area (Å²) in [5.74, 6) is 1.24. The maximum absolute atomic E-state index is 10.5. The average Bonchev–Trinajstić information content (AvgIpc) is 2.76. The van der Waals surface area contributed by atoms with Crippen molar-refractivity contribution in [1.29, 1.82) is 0 Å². The molecule has 1 fully saturated rings. The van der Waals surface area contributed by atoms with Gasteiger partial charge in [-0.1, -0.05) is 24.3 Å². The van der Waals surface area contributed by atoms with Gasteiger partial charge in [0.25, 0.3) is 0 Å². The van der Waals surface area contributed by atoms with Crippen molar-refractivity contribution >= 4 is 11.6 Å². The zero-order valence-corrected chi connectivity index (χ0v) is 14.8. The van der Waals surface area contributed by atoms with Crippen LogP contribution in [0.4, 0.5) is 0 Å². The average molecular weight is 346 g/mol. The van der Waals surface area contributed by atoms with Crippen LogP contribution in [0.1, 0.15) is 36.8 Å². The molecule has 2 N–H and O–H groups in total. The number of ether oxygens (including phenoxy) is 1. The fourth-order valence-corrected chi connectivity index (χ4v) is 4.25. The van der Waals surface area contributed by atoms with Crippen molar-refractivity contribution in [3.8, 4) is 5.75 Å². The second kappa shape index (κ2) is 6.21. The SMILES string of the molecule is CC1(Cl)C=C2CCNCC(c3cccc4c3OCCC4)C2=CC1O. The van der Waals surface area contributed by atoms with Crippen LogP contribution >= 0.6 is 11.6 Å². The lowest BCUT2D eigenvalue weighted by Gasteiger charge is -2.33. The lowest BCUT2D eigenvalue weighted by molar-refractivity contribution is 0.193. The van der Waals surface area contributed by atoms with E-state index >= 15 is 0 Å². The van der Waals surface area contributed by atoms with Crippen molar-refractivity contribution in [3.05, 3.63) is 52.6 Å². The van der Waals surface area contributed by atoms with E-state index in [1.54, 1.807) is 0 Å². The fourth-order valence-electron chi connectivity index (χ4n) is 4.05. The fraction of sp³-hybridized carbons (Fsp3) is 0.500. The van der Waals surface area contributed by atoms with E-state index < -0.39 is 11.0 Å². The lowest BCUT2D eigenvalue weighted by atomic mass is 9.78. The minimum atomic E-state index is -0.722. The molecule has 0 bridgehead atoms. The second-order valence-corrected chi connectivity index (χ2v) is 8.00. The Morgan fingerprint density at radius 2 is 2.21 bits per heavy atom. The first kappa shape index (κ1) is 16.2. The predicted octanol–water partition coefficient (Wildman–Crippen LogP) is 3.31. The Labute approximate surface area is 148 Å². The largest absolute Gasteiger partial charge is 0.493 e. The highest BCUT2D eigenvalue weighted by molar-refractivity contribution is 6.25. The van der Waals surface area contributed by atoms with Gasteiger partial charge < -0.3 is 15.2 Å². The van der Waals surface area contributed by atoms with Gasteiger partial charge in [-0.25, -0.2) is 0 Å². The molecule has 0 saturated carbocycles. The van der Waals surface area contributed by atoms with E-state index in [2.05, 4.69) is 23.5 Å². The van der Waals surface area contributed by atoms with Crippen LogP contribution in [0.3, 0.4) is 0 Å². The molecular weight excluding hydrogens is 322 g/mol. The lowest BCUT2D eigenvalue weighted by Crippen LogP contribution is -2.34. The van der Waals surface area contributed by atoms with Crippen LogP contribution in [0.25, 0.3) is 0 Å². The van der Waals surface area contributed by atoms with Crippen LogP contribution in [-0.2, 0) is 6.42 Å². The molecule has 128 valence electrons. The van der Waals surface area contributed by atoms with Gasteiger partial charge in [-0.05, 0) is 55.5 Å². The first-order valence-corrected chi connectivity index (χ1v) is 9.20. The number of aliphatic hydroxyl groups excluding tert-OH is 1. The molecule has 3 unspecified atom stereocenters. The molecule has 0 spiro atoms. The summed E-state index contributed by atoms with van der Waals surface area (Å²) in [6.45, 7) is 4.45. The maximum Gasteiger partial charge on any atom is 0.126 e. The number of alkyl halides is 1. The molecule has 3 aliphatic rings. The molecular formula is C20H24ClNO2. The summed E-state index contributed by atoms with van der Waals surface area (Å²) in [7, 11) is 0. The normalized spacial score (nSPS) is 32.6. The standard InChI is InChI=1S/C20H24ClNO2/c1-20(21)11-14-7-8-22-12-17(16(14)10-18(20)23)15-6-2-4-13-5-3-9-24-19(13)15/h2,4,6,10-11,17-18,22-23H,3,5,7-9,12H2,1H3. The number of para-hydroxylation sites is 1. The zero-order chi connectivity index (χ0) is 16.7. The summed E-state index contributed by atoms with van der Waals surface area (Å²) in [6.07, 6.45) is 6.43. The van der Waals surface area contributed by atoms with Gasteiger partial charge in [-0.15, -0.1) is 11.6 Å². The molecule has 0 radical (unpaired) electrons. The van der Waals surface area contributed by atoms with Gasteiger partial charge in [-0.2, -0.15) is 0 Å². The third-order valence-electron chi connectivity index (χ3n) is 5.38. The van der Waals surface area contributed by atoms with E-state index in [9.17, 15) is 5.11 Å². The van der Waals surface area contributed by atoms with E-state index in [4.69, 9.17) is 16.3 Å². The molecule has 4 heteroatoms. The number of nitrogens with one attached hydrogen (secondary N) is 1. The number of benzene rings is 1. The first-order chi connectivity index (χ1) is 11.6. The Morgan fingerprint density at radius 1 is 1.33 bits per heavy atom. The third-order valence-corrected chi connectivity index (χ3v) is 5.71. The monoisotopic (exact) mass is 345 g/mol. The van der Waals surface area contributed by atoms with Crippen molar-refractivity contribution in [3.63, 3.8) is 0 Å². The molecule has 1 saturated heterocycles. The molecule has 0 amide bonds. The molecule has 1 aliphatic carbocycles. The predicted molar refractivity (Wildman–Crippen MR) is 96.9 cm³/mol.